The summed E-state index contributed by atoms with van der Waals surface area (Å²) >= 11 is 0. The molecule has 0 amide bonds. The van der Waals surface area contributed by atoms with Crippen molar-refractivity contribution in [2.45, 2.75) is 78.3 Å². The molecule has 0 aromatic carbocycles. The fourth-order valence-corrected chi connectivity index (χ4v) is 3.51. The Morgan fingerprint density at radius 1 is 1.11 bits per heavy atom. The van der Waals surface area contributed by atoms with E-state index >= 15 is 0 Å². The van der Waals surface area contributed by atoms with Crippen molar-refractivity contribution in [3.8, 4) is 0 Å². The van der Waals surface area contributed by atoms with Crippen LogP contribution in [0.5, 0.6) is 0 Å². The Kier molecular flexibility index (Phi) is 7.25. The summed E-state index contributed by atoms with van der Waals surface area (Å²) in [6.45, 7) is 11.4. The highest BCUT2D eigenvalue weighted by molar-refractivity contribution is 4.86. The average molecular weight is 254 g/mol. The van der Waals surface area contributed by atoms with Crippen molar-refractivity contribution >= 4 is 0 Å². The smallest absolute Gasteiger partial charge is 0.0138 e. The summed E-state index contributed by atoms with van der Waals surface area (Å²) < 4.78 is 0. The molecule has 18 heavy (non-hydrogen) atoms. The molecule has 1 fully saturated rings. The van der Waals surface area contributed by atoms with Crippen LogP contribution in [0.1, 0.15) is 66.2 Å². The molecule has 0 spiro atoms. The lowest BCUT2D eigenvalue weighted by atomic mass is 9.82. The van der Waals surface area contributed by atoms with Crippen molar-refractivity contribution in [2.75, 3.05) is 13.1 Å². The Bertz CT molecular complexity index is 215. The minimum atomic E-state index is 0.717. The third-order valence-corrected chi connectivity index (χ3v) is 4.69. The summed E-state index contributed by atoms with van der Waals surface area (Å²) in [6.07, 6.45) is 8.16. The van der Waals surface area contributed by atoms with Gasteiger partial charge in [0.15, 0.2) is 0 Å². The van der Waals surface area contributed by atoms with E-state index in [4.69, 9.17) is 5.73 Å². The molecule has 0 saturated heterocycles. The molecular weight excluding hydrogens is 220 g/mol. The highest BCUT2D eigenvalue weighted by Gasteiger charge is 2.30. The first kappa shape index (κ1) is 16.0. The minimum absolute atomic E-state index is 0.717. The summed E-state index contributed by atoms with van der Waals surface area (Å²) in [4.78, 5) is 2.74. The van der Waals surface area contributed by atoms with Crippen LogP contribution >= 0.6 is 0 Å². The Balaban J connectivity index is 2.56. The van der Waals surface area contributed by atoms with E-state index in [1.54, 1.807) is 0 Å². The molecule has 2 nitrogen and oxygen atoms in total. The van der Waals surface area contributed by atoms with Gasteiger partial charge in [0.25, 0.3) is 0 Å². The van der Waals surface area contributed by atoms with Crippen molar-refractivity contribution in [1.82, 2.24) is 4.90 Å². The maximum absolute atomic E-state index is 5.98. The predicted octanol–water partition coefficient (Wildman–Crippen LogP) is 3.65. The number of hydrogen-bond acceptors (Lipinski definition) is 2. The van der Waals surface area contributed by atoms with Gasteiger partial charge in [0.1, 0.15) is 0 Å². The second-order valence-corrected chi connectivity index (χ2v) is 6.50. The molecule has 2 N–H and O–H groups in total. The molecule has 1 rings (SSSR count). The number of nitrogens with zero attached hydrogens (tertiary/aromatic N) is 1. The molecule has 3 atom stereocenters. The predicted molar refractivity (Wildman–Crippen MR) is 80.7 cm³/mol. The molecule has 1 aliphatic rings. The highest BCUT2D eigenvalue weighted by Crippen LogP contribution is 2.30. The second-order valence-electron chi connectivity index (χ2n) is 6.50. The molecule has 1 aliphatic carbocycles. The molecule has 1 saturated carbocycles. The lowest BCUT2D eigenvalue weighted by molar-refractivity contribution is 0.0713. The van der Waals surface area contributed by atoms with Gasteiger partial charge in [0.2, 0.25) is 0 Å². The quantitative estimate of drug-likeness (QED) is 0.751. The lowest BCUT2D eigenvalue weighted by Crippen LogP contribution is -2.49. The van der Waals surface area contributed by atoms with Gasteiger partial charge in [-0.3, -0.25) is 4.90 Å². The van der Waals surface area contributed by atoms with E-state index in [2.05, 4.69) is 32.6 Å². The van der Waals surface area contributed by atoms with Gasteiger partial charge >= 0.3 is 0 Å². The molecule has 0 aromatic rings. The summed E-state index contributed by atoms with van der Waals surface area (Å²) in [5, 5.41) is 0. The van der Waals surface area contributed by atoms with Crippen LogP contribution in [0.4, 0.5) is 0 Å². The van der Waals surface area contributed by atoms with E-state index in [-0.39, 0.29) is 0 Å². The Labute approximate surface area is 114 Å². The number of rotatable bonds is 7. The Hall–Kier alpha value is -0.0800. The van der Waals surface area contributed by atoms with Crippen LogP contribution < -0.4 is 5.73 Å². The van der Waals surface area contributed by atoms with Gasteiger partial charge in [-0.2, -0.15) is 0 Å². The molecule has 0 aliphatic heterocycles. The van der Waals surface area contributed by atoms with E-state index in [9.17, 15) is 0 Å². The zero-order valence-corrected chi connectivity index (χ0v) is 13.0. The van der Waals surface area contributed by atoms with Crippen molar-refractivity contribution in [2.24, 2.45) is 17.6 Å². The van der Waals surface area contributed by atoms with Gasteiger partial charge in [-0.05, 0) is 57.5 Å². The lowest BCUT2D eigenvalue weighted by Gasteiger charge is -2.42. The van der Waals surface area contributed by atoms with Gasteiger partial charge in [0.05, 0.1) is 0 Å². The van der Waals surface area contributed by atoms with Crippen LogP contribution in [0.3, 0.4) is 0 Å². The van der Waals surface area contributed by atoms with Crippen LogP contribution in [0.25, 0.3) is 0 Å². The second kappa shape index (κ2) is 8.16. The first-order valence-electron chi connectivity index (χ1n) is 8.05. The van der Waals surface area contributed by atoms with E-state index in [0.29, 0.717) is 0 Å². The summed E-state index contributed by atoms with van der Waals surface area (Å²) in [7, 11) is 0. The van der Waals surface area contributed by atoms with Gasteiger partial charge in [-0.1, -0.05) is 33.6 Å². The molecule has 3 unspecified atom stereocenters. The standard InChI is InChI=1S/C16H34N2/c1-5-18(14(4)11-10-13(2)3)16-9-7-6-8-15(16)12-17/h13-16H,5-12,17H2,1-4H3. The fraction of sp³-hybridized carbons (Fsp3) is 1.00. The maximum Gasteiger partial charge on any atom is 0.0138 e. The Morgan fingerprint density at radius 2 is 1.78 bits per heavy atom. The molecule has 108 valence electrons. The minimum Gasteiger partial charge on any atom is -0.330 e. The molecular formula is C16H34N2. The van der Waals surface area contributed by atoms with Crippen LogP contribution in [0.2, 0.25) is 0 Å². The third-order valence-electron chi connectivity index (χ3n) is 4.69. The third kappa shape index (κ3) is 4.55. The molecule has 0 radical (unpaired) electrons. The van der Waals surface area contributed by atoms with Crippen LogP contribution in [-0.4, -0.2) is 30.1 Å². The molecule has 0 aromatic heterocycles. The topological polar surface area (TPSA) is 29.3 Å². The molecule has 0 heterocycles. The largest absolute Gasteiger partial charge is 0.330 e. The van der Waals surface area contributed by atoms with Gasteiger partial charge in [-0.25, -0.2) is 0 Å². The molecule has 0 bridgehead atoms. The normalized spacial score (nSPS) is 26.8. The summed E-state index contributed by atoms with van der Waals surface area (Å²) in [5.74, 6) is 1.56. The first-order valence-corrected chi connectivity index (χ1v) is 8.05. The van der Waals surface area contributed by atoms with E-state index in [1.807, 2.05) is 0 Å². The number of nitrogens with two attached hydrogens (primary N) is 1. The number of hydrogen-bond donors (Lipinski definition) is 1. The van der Waals surface area contributed by atoms with E-state index in [1.165, 1.54) is 45.1 Å². The van der Waals surface area contributed by atoms with Crippen LogP contribution in [0.15, 0.2) is 0 Å². The van der Waals surface area contributed by atoms with Gasteiger partial charge < -0.3 is 5.73 Å². The monoisotopic (exact) mass is 254 g/mol. The summed E-state index contributed by atoms with van der Waals surface area (Å²) in [6, 6.07) is 1.46. The van der Waals surface area contributed by atoms with Crippen LogP contribution in [-0.2, 0) is 0 Å². The van der Waals surface area contributed by atoms with Crippen molar-refractivity contribution in [1.29, 1.82) is 0 Å². The Morgan fingerprint density at radius 3 is 2.33 bits per heavy atom. The van der Waals surface area contributed by atoms with Gasteiger partial charge in [-0.15, -0.1) is 0 Å². The summed E-state index contributed by atoms with van der Waals surface area (Å²) in [5.41, 5.74) is 5.98. The maximum atomic E-state index is 5.98. The van der Waals surface area contributed by atoms with E-state index in [0.717, 1.165) is 30.5 Å². The highest BCUT2D eigenvalue weighted by atomic mass is 15.2. The first-order chi connectivity index (χ1) is 8.60. The fourth-order valence-electron chi connectivity index (χ4n) is 3.51. The molecule has 2 heteroatoms. The SMILES string of the molecule is CCN(C(C)CCC(C)C)C1CCCCC1CN. The van der Waals surface area contributed by atoms with E-state index < -0.39 is 0 Å². The van der Waals surface area contributed by atoms with Gasteiger partial charge in [0, 0.05) is 12.1 Å². The zero-order chi connectivity index (χ0) is 13.5. The van der Waals surface area contributed by atoms with Crippen molar-refractivity contribution < 1.29 is 0 Å². The zero-order valence-electron chi connectivity index (χ0n) is 13.0. The van der Waals surface area contributed by atoms with Crippen molar-refractivity contribution in [3.63, 3.8) is 0 Å². The average Bonchev–Trinajstić information content (AvgIpc) is 2.37. The van der Waals surface area contributed by atoms with Crippen molar-refractivity contribution in [3.05, 3.63) is 0 Å². The van der Waals surface area contributed by atoms with Crippen LogP contribution in [0, 0.1) is 11.8 Å².